The Morgan fingerprint density at radius 1 is 1.00 bits per heavy atom. The normalized spacial score (nSPS) is 10.7. The fourth-order valence-corrected chi connectivity index (χ4v) is 1.77. The zero-order valence-corrected chi connectivity index (χ0v) is 12.5. The number of azo groups is 1. The third-order valence-corrected chi connectivity index (χ3v) is 2.83. The molecule has 1 aromatic rings. The minimum Gasteiger partial charge on any atom is -0.297 e. The van der Waals surface area contributed by atoms with E-state index in [-0.39, 0.29) is 16.8 Å². The molecule has 0 atom stereocenters. The number of nitrogens with one attached hydrogen (secondary N) is 2. The largest absolute Gasteiger partial charge is 0.297 e. The van der Waals surface area contributed by atoms with Gasteiger partial charge in [0.2, 0.25) is 0 Å². The lowest BCUT2D eigenvalue weighted by Crippen LogP contribution is -2.35. The van der Waals surface area contributed by atoms with Crippen LogP contribution in [0.3, 0.4) is 0 Å². The maximum atomic E-state index is 11.9. The third-order valence-electron chi connectivity index (χ3n) is 2.83. The van der Waals surface area contributed by atoms with Gasteiger partial charge in [0.05, 0.1) is 16.8 Å². The molecule has 0 unspecified atom stereocenters. The molecule has 10 heteroatoms. The number of hydrogen-bond acceptors (Lipinski definition) is 8. The zero-order valence-electron chi connectivity index (χ0n) is 12.5. The Labute approximate surface area is 131 Å². The van der Waals surface area contributed by atoms with Crippen LogP contribution >= 0.6 is 0 Å². The highest BCUT2D eigenvalue weighted by Crippen LogP contribution is 2.24. The van der Waals surface area contributed by atoms with E-state index in [2.05, 4.69) is 10.2 Å². The number of Topliss-reactive ketones (excluding diaryl/α,β-unsaturated/α-hetero) is 2. The summed E-state index contributed by atoms with van der Waals surface area (Å²) in [4.78, 5) is 46.3. The van der Waals surface area contributed by atoms with Crippen LogP contribution in [0, 0.1) is 0 Å². The maximum absolute atomic E-state index is 11.9. The topological polar surface area (TPSA) is 169 Å². The molecule has 0 aliphatic carbocycles. The minimum atomic E-state index is -1.28. The standard InChI is InChI=1S/C13H16N6O4/c1-6(20)11(7(2)21)19-18-9-5-3-4-8(12(22)16-14)10(9)13(23)17-15/h3-5,11H,14-15H2,1-2H3,(H,16,22)(H,17,23)/b19-18+. The van der Waals surface area contributed by atoms with Gasteiger partial charge in [-0.1, -0.05) is 6.07 Å². The van der Waals surface area contributed by atoms with Crippen LogP contribution < -0.4 is 22.5 Å². The van der Waals surface area contributed by atoms with E-state index >= 15 is 0 Å². The summed E-state index contributed by atoms with van der Waals surface area (Å²) in [7, 11) is 0. The predicted molar refractivity (Wildman–Crippen MR) is 79.4 cm³/mol. The number of ketones is 2. The number of nitrogens with zero attached hydrogens (tertiary/aromatic N) is 2. The van der Waals surface area contributed by atoms with E-state index in [0.717, 1.165) is 0 Å². The van der Waals surface area contributed by atoms with E-state index in [1.807, 2.05) is 10.9 Å². The molecule has 0 saturated heterocycles. The Hall–Kier alpha value is -2.98. The van der Waals surface area contributed by atoms with E-state index in [1.165, 1.54) is 32.0 Å². The van der Waals surface area contributed by atoms with Gasteiger partial charge in [-0.3, -0.25) is 30.0 Å². The summed E-state index contributed by atoms with van der Waals surface area (Å²) in [6, 6.07) is 2.86. The van der Waals surface area contributed by atoms with E-state index in [9.17, 15) is 19.2 Å². The molecule has 1 aromatic carbocycles. The highest BCUT2D eigenvalue weighted by Gasteiger charge is 2.22. The number of carbonyl (C=O) groups is 4. The van der Waals surface area contributed by atoms with Gasteiger partial charge in [-0.05, 0) is 26.0 Å². The second-order valence-corrected chi connectivity index (χ2v) is 4.49. The number of carbonyl (C=O) groups excluding carboxylic acids is 4. The number of nitrogen functional groups attached to an aromatic ring is 2. The van der Waals surface area contributed by atoms with E-state index in [0.29, 0.717) is 0 Å². The van der Waals surface area contributed by atoms with Gasteiger partial charge in [-0.25, -0.2) is 11.7 Å². The van der Waals surface area contributed by atoms with Crippen molar-refractivity contribution in [2.24, 2.45) is 21.9 Å². The van der Waals surface area contributed by atoms with Gasteiger partial charge in [0.1, 0.15) is 0 Å². The van der Waals surface area contributed by atoms with Gasteiger partial charge in [-0.2, -0.15) is 10.2 Å². The quantitative estimate of drug-likeness (QED) is 0.181. The van der Waals surface area contributed by atoms with E-state index in [1.54, 1.807) is 0 Å². The summed E-state index contributed by atoms with van der Waals surface area (Å²) in [5.41, 5.74) is 3.45. The first-order valence-electron chi connectivity index (χ1n) is 6.40. The smallest absolute Gasteiger partial charge is 0.268 e. The molecule has 0 saturated carbocycles. The third kappa shape index (κ3) is 4.25. The highest BCUT2D eigenvalue weighted by atomic mass is 16.2. The van der Waals surface area contributed by atoms with Crippen molar-refractivity contribution >= 4 is 29.1 Å². The average Bonchev–Trinajstić information content (AvgIpc) is 2.52. The molecule has 0 heterocycles. The fraction of sp³-hybridized carbons (Fsp3) is 0.231. The Kier molecular flexibility index (Phi) is 6.18. The van der Waals surface area contributed by atoms with Gasteiger partial charge in [0.15, 0.2) is 17.6 Å². The molecule has 10 nitrogen and oxygen atoms in total. The van der Waals surface area contributed by atoms with Crippen LogP contribution in [0.5, 0.6) is 0 Å². The summed E-state index contributed by atoms with van der Waals surface area (Å²) >= 11 is 0. The van der Waals surface area contributed by atoms with Crippen molar-refractivity contribution in [3.63, 3.8) is 0 Å². The summed E-state index contributed by atoms with van der Waals surface area (Å²) in [5.74, 6) is 7.61. The number of hydrazine groups is 2. The minimum absolute atomic E-state index is 0.0402. The summed E-state index contributed by atoms with van der Waals surface area (Å²) in [5, 5.41) is 7.38. The van der Waals surface area contributed by atoms with Crippen molar-refractivity contribution in [1.29, 1.82) is 0 Å². The van der Waals surface area contributed by atoms with Crippen LogP contribution in [0.4, 0.5) is 5.69 Å². The van der Waals surface area contributed by atoms with Gasteiger partial charge >= 0.3 is 0 Å². The Bertz CT molecular complexity index is 671. The van der Waals surface area contributed by atoms with Gasteiger partial charge in [0.25, 0.3) is 11.8 Å². The first-order chi connectivity index (χ1) is 10.8. The van der Waals surface area contributed by atoms with Gasteiger partial charge < -0.3 is 0 Å². The summed E-state index contributed by atoms with van der Waals surface area (Å²) in [6.45, 7) is 2.38. The number of rotatable bonds is 6. The molecule has 0 aliphatic heterocycles. The molecular weight excluding hydrogens is 304 g/mol. The first kappa shape index (κ1) is 18.1. The highest BCUT2D eigenvalue weighted by molar-refractivity contribution is 6.10. The van der Waals surface area contributed by atoms with Crippen LogP contribution in [0.1, 0.15) is 34.6 Å². The molecule has 1 rings (SSSR count). The van der Waals surface area contributed by atoms with E-state index in [4.69, 9.17) is 11.7 Å². The molecule has 122 valence electrons. The first-order valence-corrected chi connectivity index (χ1v) is 6.40. The maximum Gasteiger partial charge on any atom is 0.268 e. The van der Waals surface area contributed by atoms with Crippen molar-refractivity contribution in [2.45, 2.75) is 19.9 Å². The molecule has 23 heavy (non-hydrogen) atoms. The van der Waals surface area contributed by atoms with Crippen LogP contribution in [0.25, 0.3) is 0 Å². The lowest BCUT2D eigenvalue weighted by Gasteiger charge is -2.10. The van der Waals surface area contributed by atoms with Crippen LogP contribution in [0.2, 0.25) is 0 Å². The summed E-state index contributed by atoms with van der Waals surface area (Å²) in [6.07, 6.45) is 0. The molecule has 0 radical (unpaired) electrons. The van der Waals surface area contributed by atoms with Crippen molar-refractivity contribution in [3.8, 4) is 0 Å². The van der Waals surface area contributed by atoms with Gasteiger partial charge in [0, 0.05) is 0 Å². The van der Waals surface area contributed by atoms with E-state index < -0.39 is 29.4 Å². The molecule has 0 aromatic heterocycles. The Morgan fingerprint density at radius 3 is 2.04 bits per heavy atom. The molecule has 0 fully saturated rings. The fourth-order valence-electron chi connectivity index (χ4n) is 1.77. The van der Waals surface area contributed by atoms with Crippen LogP contribution in [-0.4, -0.2) is 29.4 Å². The zero-order chi connectivity index (χ0) is 17.6. The number of nitrogens with two attached hydrogens (primary N) is 2. The molecular formula is C13H16N6O4. The van der Waals surface area contributed by atoms with Crippen molar-refractivity contribution in [1.82, 2.24) is 10.9 Å². The molecule has 0 bridgehead atoms. The van der Waals surface area contributed by atoms with Crippen molar-refractivity contribution < 1.29 is 19.2 Å². The number of benzene rings is 1. The van der Waals surface area contributed by atoms with Crippen LogP contribution in [-0.2, 0) is 9.59 Å². The molecule has 0 aliphatic rings. The lowest BCUT2D eigenvalue weighted by molar-refractivity contribution is -0.126. The number of hydrogen-bond donors (Lipinski definition) is 4. The molecule has 0 spiro atoms. The second kappa shape index (κ2) is 7.87. The Morgan fingerprint density at radius 2 is 1.57 bits per heavy atom. The molecule has 6 N–H and O–H groups in total. The lowest BCUT2D eigenvalue weighted by atomic mass is 10.0. The summed E-state index contributed by atoms with van der Waals surface area (Å²) < 4.78 is 0. The van der Waals surface area contributed by atoms with Crippen LogP contribution in [0.15, 0.2) is 28.4 Å². The second-order valence-electron chi connectivity index (χ2n) is 4.49. The molecule has 2 amide bonds. The Balaban J connectivity index is 3.41. The SMILES string of the molecule is CC(=O)C(/N=N/c1cccc(C(=O)NN)c1C(=O)NN)C(C)=O. The number of amides is 2. The monoisotopic (exact) mass is 320 g/mol. The van der Waals surface area contributed by atoms with Gasteiger partial charge in [-0.15, -0.1) is 0 Å². The average molecular weight is 320 g/mol. The van der Waals surface area contributed by atoms with Crippen molar-refractivity contribution in [2.75, 3.05) is 0 Å². The predicted octanol–water partition coefficient (Wildman–Crippen LogP) is -0.476. The van der Waals surface area contributed by atoms with Crippen molar-refractivity contribution in [3.05, 3.63) is 29.3 Å².